The van der Waals surface area contributed by atoms with E-state index in [-0.39, 0.29) is 35.3 Å². The first-order valence-electron chi connectivity index (χ1n) is 6.79. The van der Waals surface area contributed by atoms with Gasteiger partial charge in [-0.1, -0.05) is 0 Å². The van der Waals surface area contributed by atoms with Gasteiger partial charge in [0.25, 0.3) is 5.91 Å². The van der Waals surface area contributed by atoms with Gasteiger partial charge >= 0.3 is 0 Å². The molecule has 1 aromatic carbocycles. The zero-order valence-electron chi connectivity index (χ0n) is 13.2. The highest BCUT2D eigenvalue weighted by molar-refractivity contribution is 7.89. The molecule has 0 saturated carbocycles. The number of sulfonamides is 1. The zero-order chi connectivity index (χ0) is 16.2. The molecule has 0 fully saturated rings. The predicted molar refractivity (Wildman–Crippen MR) is 89.8 cm³/mol. The molecule has 1 rings (SSSR count). The third-order valence-electron chi connectivity index (χ3n) is 3.25. The maximum absolute atomic E-state index is 12.3. The standard InChI is InChI=1S/C14H23N3O3S.ClH/c1-10(2)17(4)21(19,20)13-7-5-12(6-8-13)14(18)16-11(3)9-15;/h5-8,10-11H,9,15H2,1-4H3,(H,16,18);1H/t11-;/m0./s1. The normalized spacial score (nSPS) is 12.9. The van der Waals surface area contributed by atoms with E-state index in [1.54, 1.807) is 20.8 Å². The second-order valence-corrected chi connectivity index (χ2v) is 7.25. The number of hydrogen-bond acceptors (Lipinski definition) is 4. The van der Waals surface area contributed by atoms with Crippen molar-refractivity contribution in [1.29, 1.82) is 0 Å². The first-order valence-corrected chi connectivity index (χ1v) is 8.23. The topological polar surface area (TPSA) is 92.5 Å². The Morgan fingerprint density at radius 2 is 1.73 bits per heavy atom. The van der Waals surface area contributed by atoms with Crippen LogP contribution in [-0.2, 0) is 10.0 Å². The number of nitrogens with two attached hydrogens (primary N) is 1. The molecule has 8 heteroatoms. The Kier molecular flexibility index (Phi) is 8.03. The van der Waals surface area contributed by atoms with Crippen LogP contribution in [0.3, 0.4) is 0 Å². The lowest BCUT2D eigenvalue weighted by Crippen LogP contribution is -2.37. The summed E-state index contributed by atoms with van der Waals surface area (Å²) in [4.78, 5) is 12.1. The van der Waals surface area contributed by atoms with Crippen molar-refractivity contribution >= 4 is 28.3 Å². The van der Waals surface area contributed by atoms with Crippen molar-refractivity contribution in [3.63, 3.8) is 0 Å². The van der Waals surface area contributed by atoms with E-state index >= 15 is 0 Å². The van der Waals surface area contributed by atoms with Crippen LogP contribution in [0.4, 0.5) is 0 Å². The lowest BCUT2D eigenvalue weighted by atomic mass is 10.2. The zero-order valence-corrected chi connectivity index (χ0v) is 14.9. The Morgan fingerprint density at radius 1 is 1.23 bits per heavy atom. The van der Waals surface area contributed by atoms with Gasteiger partial charge < -0.3 is 11.1 Å². The molecule has 0 bridgehead atoms. The summed E-state index contributed by atoms with van der Waals surface area (Å²) in [7, 11) is -2.00. The molecule has 0 aromatic heterocycles. The quantitative estimate of drug-likeness (QED) is 0.807. The van der Waals surface area contributed by atoms with Gasteiger partial charge in [0, 0.05) is 31.2 Å². The van der Waals surface area contributed by atoms with Crippen LogP contribution in [0.15, 0.2) is 29.2 Å². The summed E-state index contributed by atoms with van der Waals surface area (Å²) in [5.41, 5.74) is 5.85. The van der Waals surface area contributed by atoms with Crippen LogP contribution in [0.5, 0.6) is 0 Å². The summed E-state index contributed by atoms with van der Waals surface area (Å²) in [5.74, 6) is -0.269. The minimum Gasteiger partial charge on any atom is -0.348 e. The number of nitrogens with zero attached hydrogens (tertiary/aromatic N) is 1. The Labute approximate surface area is 138 Å². The van der Waals surface area contributed by atoms with Crippen molar-refractivity contribution in [3.8, 4) is 0 Å². The molecule has 0 saturated heterocycles. The second-order valence-electron chi connectivity index (χ2n) is 5.25. The first-order chi connectivity index (χ1) is 9.70. The number of carbonyl (C=O) groups is 1. The molecule has 0 aliphatic rings. The number of hydrogen-bond donors (Lipinski definition) is 2. The molecule has 0 unspecified atom stereocenters. The summed E-state index contributed by atoms with van der Waals surface area (Å²) in [6.07, 6.45) is 0. The number of halogens is 1. The Morgan fingerprint density at radius 3 is 2.14 bits per heavy atom. The van der Waals surface area contributed by atoms with Gasteiger partial charge in [-0.25, -0.2) is 8.42 Å². The molecule has 3 N–H and O–H groups in total. The van der Waals surface area contributed by atoms with Crippen LogP contribution < -0.4 is 11.1 Å². The highest BCUT2D eigenvalue weighted by atomic mass is 35.5. The molecule has 0 aliphatic carbocycles. The van der Waals surface area contributed by atoms with E-state index in [9.17, 15) is 13.2 Å². The van der Waals surface area contributed by atoms with Crippen LogP contribution >= 0.6 is 12.4 Å². The van der Waals surface area contributed by atoms with Crippen molar-refractivity contribution in [3.05, 3.63) is 29.8 Å². The first kappa shape index (κ1) is 20.9. The SMILES string of the molecule is CC(C)N(C)S(=O)(=O)c1ccc(C(=O)N[C@@H](C)CN)cc1.Cl. The maximum Gasteiger partial charge on any atom is 0.251 e. The van der Waals surface area contributed by atoms with E-state index in [2.05, 4.69) is 5.32 Å². The van der Waals surface area contributed by atoms with Crippen molar-refractivity contribution in [2.24, 2.45) is 5.73 Å². The monoisotopic (exact) mass is 349 g/mol. The molecule has 0 radical (unpaired) electrons. The maximum atomic E-state index is 12.3. The van der Waals surface area contributed by atoms with Crippen LogP contribution in [0, 0.1) is 0 Å². The van der Waals surface area contributed by atoms with Crippen LogP contribution in [0.25, 0.3) is 0 Å². The van der Waals surface area contributed by atoms with Gasteiger partial charge in [0.2, 0.25) is 10.0 Å². The fourth-order valence-electron chi connectivity index (χ4n) is 1.59. The highest BCUT2D eigenvalue weighted by Gasteiger charge is 2.23. The largest absolute Gasteiger partial charge is 0.348 e. The minimum atomic E-state index is -3.53. The van der Waals surface area contributed by atoms with Gasteiger partial charge in [-0.05, 0) is 45.0 Å². The third-order valence-corrected chi connectivity index (χ3v) is 5.30. The van der Waals surface area contributed by atoms with E-state index in [1.165, 1.54) is 35.6 Å². The van der Waals surface area contributed by atoms with Crippen LogP contribution in [0.1, 0.15) is 31.1 Å². The van der Waals surface area contributed by atoms with E-state index in [1.807, 2.05) is 0 Å². The fourth-order valence-corrected chi connectivity index (χ4v) is 2.96. The number of amides is 1. The van der Waals surface area contributed by atoms with Crippen LogP contribution in [0.2, 0.25) is 0 Å². The molecule has 22 heavy (non-hydrogen) atoms. The average molecular weight is 350 g/mol. The molecule has 126 valence electrons. The summed E-state index contributed by atoms with van der Waals surface area (Å²) >= 11 is 0. The van der Waals surface area contributed by atoms with Gasteiger partial charge in [-0.2, -0.15) is 4.31 Å². The third kappa shape index (κ3) is 4.95. The summed E-state index contributed by atoms with van der Waals surface area (Å²) in [5, 5.41) is 2.72. The number of carbonyl (C=O) groups excluding carboxylic acids is 1. The Bertz CT molecular complexity index is 588. The van der Waals surface area contributed by atoms with E-state index in [0.717, 1.165) is 0 Å². The van der Waals surface area contributed by atoms with Crippen molar-refractivity contribution in [2.45, 2.75) is 37.8 Å². The van der Waals surface area contributed by atoms with Crippen molar-refractivity contribution in [2.75, 3.05) is 13.6 Å². The molecular formula is C14H24ClN3O3S. The van der Waals surface area contributed by atoms with E-state index in [4.69, 9.17) is 5.73 Å². The van der Waals surface area contributed by atoms with Gasteiger partial charge in [0.05, 0.1) is 4.90 Å². The predicted octanol–water partition coefficient (Wildman–Crippen LogP) is 1.21. The van der Waals surface area contributed by atoms with Gasteiger partial charge in [-0.15, -0.1) is 12.4 Å². The molecular weight excluding hydrogens is 326 g/mol. The van der Waals surface area contributed by atoms with Crippen LogP contribution in [-0.4, -0.2) is 44.3 Å². The molecule has 0 spiro atoms. The molecule has 0 heterocycles. The van der Waals surface area contributed by atoms with Gasteiger partial charge in [-0.3, -0.25) is 4.79 Å². The highest BCUT2D eigenvalue weighted by Crippen LogP contribution is 2.17. The minimum absolute atomic E-state index is 0. The molecule has 1 amide bonds. The van der Waals surface area contributed by atoms with Crippen molar-refractivity contribution in [1.82, 2.24) is 9.62 Å². The molecule has 6 nitrogen and oxygen atoms in total. The summed E-state index contributed by atoms with van der Waals surface area (Å²) in [6, 6.07) is 5.61. The number of rotatable bonds is 6. The van der Waals surface area contributed by atoms with Gasteiger partial charge in [0.1, 0.15) is 0 Å². The fraction of sp³-hybridized carbons (Fsp3) is 0.500. The summed E-state index contributed by atoms with van der Waals surface area (Å²) in [6.45, 7) is 5.74. The second kappa shape index (κ2) is 8.47. The average Bonchev–Trinajstić information content (AvgIpc) is 2.46. The Hall–Kier alpha value is -1.15. The number of benzene rings is 1. The van der Waals surface area contributed by atoms with Gasteiger partial charge in [0.15, 0.2) is 0 Å². The van der Waals surface area contributed by atoms with E-state index < -0.39 is 10.0 Å². The molecule has 0 aliphatic heterocycles. The van der Waals surface area contributed by atoms with Crippen molar-refractivity contribution < 1.29 is 13.2 Å². The Balaban J connectivity index is 0.00000441. The van der Waals surface area contributed by atoms with E-state index in [0.29, 0.717) is 12.1 Å². The summed E-state index contributed by atoms with van der Waals surface area (Å²) < 4.78 is 25.9. The number of nitrogens with one attached hydrogen (secondary N) is 1. The lowest BCUT2D eigenvalue weighted by Gasteiger charge is -2.21. The molecule has 1 aromatic rings. The smallest absolute Gasteiger partial charge is 0.251 e. The lowest BCUT2D eigenvalue weighted by molar-refractivity contribution is 0.0941. The molecule has 1 atom stereocenters.